The molecule has 23 heavy (non-hydrogen) atoms. The highest BCUT2D eigenvalue weighted by Crippen LogP contribution is 2.35. The molecule has 4 rings (SSSR count). The maximum absolute atomic E-state index is 5.21. The van der Waals surface area contributed by atoms with Gasteiger partial charge in [0.1, 0.15) is 5.82 Å². The number of aryl methyl sites for hydroxylation is 3. The lowest BCUT2D eigenvalue weighted by molar-refractivity contribution is 0.359. The molecule has 7 heteroatoms. The summed E-state index contributed by atoms with van der Waals surface area (Å²) in [5, 5.41) is 11.6. The smallest absolute Gasteiger partial charge is 0.314 e. The third kappa shape index (κ3) is 2.35. The van der Waals surface area contributed by atoms with Gasteiger partial charge in [-0.3, -0.25) is 0 Å². The van der Waals surface area contributed by atoms with Crippen molar-refractivity contribution in [3.05, 3.63) is 17.3 Å². The highest BCUT2D eigenvalue weighted by molar-refractivity contribution is 5.65. The number of nitrogens with one attached hydrogen (secondary N) is 2. The number of hydrogen-bond donors (Lipinski definition) is 2. The maximum atomic E-state index is 5.21. The van der Waals surface area contributed by atoms with Crippen LogP contribution in [0.15, 0.2) is 6.07 Å². The fourth-order valence-corrected chi connectivity index (χ4v) is 3.59. The quantitative estimate of drug-likeness (QED) is 0.870. The van der Waals surface area contributed by atoms with E-state index in [9.17, 15) is 0 Å². The Bertz CT molecular complexity index is 747. The molecule has 0 aliphatic carbocycles. The molecular formula is C16H22N6O. The second-order valence-electron chi connectivity index (χ2n) is 6.51. The van der Waals surface area contributed by atoms with Gasteiger partial charge in [-0.2, -0.15) is 4.98 Å². The van der Waals surface area contributed by atoms with Crippen molar-refractivity contribution in [1.82, 2.24) is 25.1 Å². The van der Waals surface area contributed by atoms with E-state index in [0.717, 1.165) is 49.4 Å². The number of fused-ring (bicyclic) bond motifs is 1. The van der Waals surface area contributed by atoms with Crippen LogP contribution in [0.5, 0.6) is 6.01 Å². The average molecular weight is 314 g/mol. The summed E-state index contributed by atoms with van der Waals surface area (Å²) >= 11 is 0. The van der Waals surface area contributed by atoms with E-state index in [2.05, 4.69) is 26.8 Å². The largest absolute Gasteiger partial charge is 0.467 e. The molecule has 2 aliphatic heterocycles. The molecule has 0 aromatic carbocycles. The second-order valence-corrected chi connectivity index (χ2v) is 6.51. The van der Waals surface area contributed by atoms with Gasteiger partial charge < -0.3 is 15.4 Å². The van der Waals surface area contributed by atoms with Crippen LogP contribution in [0.3, 0.4) is 0 Å². The van der Waals surface area contributed by atoms with Crippen molar-refractivity contribution in [3.8, 4) is 17.4 Å². The van der Waals surface area contributed by atoms with Gasteiger partial charge in [-0.05, 0) is 44.4 Å². The number of methoxy groups -OCH3 is 1. The first-order valence-corrected chi connectivity index (χ1v) is 8.05. The predicted octanol–water partition coefficient (Wildman–Crippen LogP) is 1.28. The van der Waals surface area contributed by atoms with Gasteiger partial charge in [0.2, 0.25) is 0 Å². The van der Waals surface area contributed by atoms with Gasteiger partial charge in [0.25, 0.3) is 0 Å². The molecule has 0 bridgehead atoms. The molecule has 122 valence electrons. The number of anilines is 1. The molecule has 2 N–H and O–H groups in total. The summed E-state index contributed by atoms with van der Waals surface area (Å²) in [7, 11) is 3.43. The zero-order chi connectivity index (χ0) is 16.0. The van der Waals surface area contributed by atoms with E-state index in [0.29, 0.717) is 11.8 Å². The summed E-state index contributed by atoms with van der Waals surface area (Å²) in [6.45, 7) is 4.11. The van der Waals surface area contributed by atoms with Crippen LogP contribution in [-0.4, -0.2) is 45.5 Å². The van der Waals surface area contributed by atoms with E-state index in [4.69, 9.17) is 9.72 Å². The molecule has 7 nitrogen and oxygen atoms in total. The summed E-state index contributed by atoms with van der Waals surface area (Å²) < 4.78 is 6.86. The standard InChI is InChI=1S/C16H22N6O/c1-10-12(14-19-15(23-3)22(2)21-14)8-11-4-5-16(6-7-17-9-16)20-13(11)18-10/h8,17H,4-7,9H2,1-3H3,(H,18,20). The topological polar surface area (TPSA) is 76.9 Å². The van der Waals surface area contributed by atoms with Crippen LogP contribution in [0.1, 0.15) is 24.1 Å². The summed E-state index contributed by atoms with van der Waals surface area (Å²) in [6, 6.07) is 2.68. The van der Waals surface area contributed by atoms with Gasteiger partial charge in [0.05, 0.1) is 18.3 Å². The van der Waals surface area contributed by atoms with Crippen molar-refractivity contribution in [1.29, 1.82) is 0 Å². The zero-order valence-electron chi connectivity index (χ0n) is 13.8. The molecule has 0 amide bonds. The number of hydrogen-bond acceptors (Lipinski definition) is 6. The van der Waals surface area contributed by atoms with Gasteiger partial charge in [-0.25, -0.2) is 9.67 Å². The van der Waals surface area contributed by atoms with Gasteiger partial charge in [-0.1, -0.05) is 0 Å². The van der Waals surface area contributed by atoms with E-state index >= 15 is 0 Å². The Balaban J connectivity index is 1.71. The highest BCUT2D eigenvalue weighted by Gasteiger charge is 2.37. The molecule has 1 spiro atoms. The Kier molecular flexibility index (Phi) is 3.26. The molecule has 4 heterocycles. The normalized spacial score (nSPS) is 22.9. The second kappa shape index (κ2) is 5.19. The molecule has 1 unspecified atom stereocenters. The number of aromatic nitrogens is 4. The van der Waals surface area contributed by atoms with Crippen LogP contribution in [0.25, 0.3) is 11.4 Å². The molecule has 0 radical (unpaired) electrons. The van der Waals surface area contributed by atoms with Crippen LogP contribution in [0, 0.1) is 6.92 Å². The predicted molar refractivity (Wildman–Crippen MR) is 87.7 cm³/mol. The van der Waals surface area contributed by atoms with Gasteiger partial charge >= 0.3 is 6.01 Å². The van der Waals surface area contributed by atoms with Crippen molar-refractivity contribution in [2.24, 2.45) is 7.05 Å². The fourth-order valence-electron chi connectivity index (χ4n) is 3.59. The van der Waals surface area contributed by atoms with Gasteiger partial charge in [0.15, 0.2) is 5.82 Å². The highest BCUT2D eigenvalue weighted by atomic mass is 16.5. The van der Waals surface area contributed by atoms with Crippen molar-refractivity contribution >= 4 is 5.82 Å². The first kappa shape index (κ1) is 14.4. The number of pyridine rings is 1. The van der Waals surface area contributed by atoms with Crippen LogP contribution in [0.2, 0.25) is 0 Å². The van der Waals surface area contributed by atoms with Crippen molar-refractivity contribution in [3.63, 3.8) is 0 Å². The maximum Gasteiger partial charge on any atom is 0.314 e. The summed E-state index contributed by atoms with van der Waals surface area (Å²) in [4.78, 5) is 9.24. The molecule has 1 fully saturated rings. The van der Waals surface area contributed by atoms with Crippen molar-refractivity contribution < 1.29 is 4.74 Å². The Morgan fingerprint density at radius 3 is 2.87 bits per heavy atom. The monoisotopic (exact) mass is 314 g/mol. The fraction of sp³-hybridized carbons (Fsp3) is 0.562. The van der Waals surface area contributed by atoms with E-state index in [1.165, 1.54) is 5.56 Å². The number of nitrogens with zero attached hydrogens (tertiary/aromatic N) is 4. The molecule has 2 aromatic rings. The summed E-state index contributed by atoms with van der Waals surface area (Å²) in [5.41, 5.74) is 3.34. The van der Waals surface area contributed by atoms with Crippen molar-refractivity contribution in [2.45, 2.75) is 31.7 Å². The van der Waals surface area contributed by atoms with Crippen LogP contribution in [-0.2, 0) is 13.5 Å². The van der Waals surface area contributed by atoms with E-state index in [-0.39, 0.29) is 5.54 Å². The first-order chi connectivity index (χ1) is 11.1. The van der Waals surface area contributed by atoms with Crippen molar-refractivity contribution in [2.75, 3.05) is 25.5 Å². The lowest BCUT2D eigenvalue weighted by Crippen LogP contribution is -2.44. The van der Waals surface area contributed by atoms with Crippen LogP contribution in [0.4, 0.5) is 5.82 Å². The molecule has 1 saturated heterocycles. The minimum absolute atomic E-state index is 0.181. The Morgan fingerprint density at radius 2 is 2.17 bits per heavy atom. The number of ether oxygens (including phenoxy) is 1. The SMILES string of the molecule is COc1nc(-c2cc3c(nc2C)NC2(CCNC2)CC3)nn1C. The number of rotatable bonds is 2. The third-order valence-electron chi connectivity index (χ3n) is 4.94. The summed E-state index contributed by atoms with van der Waals surface area (Å²) in [6.07, 6.45) is 3.33. The Labute approximate surface area is 135 Å². The summed E-state index contributed by atoms with van der Waals surface area (Å²) in [5.74, 6) is 1.68. The lowest BCUT2D eigenvalue weighted by atomic mass is 9.86. The Morgan fingerprint density at radius 1 is 1.30 bits per heavy atom. The lowest BCUT2D eigenvalue weighted by Gasteiger charge is -2.35. The minimum Gasteiger partial charge on any atom is -0.467 e. The molecule has 0 saturated carbocycles. The van der Waals surface area contributed by atoms with E-state index in [1.54, 1.807) is 11.8 Å². The van der Waals surface area contributed by atoms with E-state index < -0.39 is 0 Å². The van der Waals surface area contributed by atoms with E-state index in [1.807, 2.05) is 14.0 Å². The molecule has 2 aromatic heterocycles. The minimum atomic E-state index is 0.181. The van der Waals surface area contributed by atoms with Gasteiger partial charge in [0, 0.05) is 19.2 Å². The first-order valence-electron chi connectivity index (χ1n) is 8.05. The third-order valence-corrected chi connectivity index (χ3v) is 4.94. The zero-order valence-corrected chi connectivity index (χ0v) is 13.8. The van der Waals surface area contributed by atoms with Crippen LogP contribution < -0.4 is 15.4 Å². The Hall–Kier alpha value is -2.15. The van der Waals surface area contributed by atoms with Gasteiger partial charge in [-0.15, -0.1) is 5.10 Å². The molecular weight excluding hydrogens is 292 g/mol. The average Bonchev–Trinajstić information content (AvgIpc) is 3.13. The molecule has 1 atom stereocenters. The molecule has 2 aliphatic rings. The van der Waals surface area contributed by atoms with Crippen LogP contribution >= 0.6 is 0 Å².